The summed E-state index contributed by atoms with van der Waals surface area (Å²) in [6.45, 7) is 3.91. The number of nitrogens with zero attached hydrogens (tertiary/aromatic N) is 1. The van der Waals surface area contributed by atoms with Gasteiger partial charge in [-0.2, -0.15) is 0 Å². The van der Waals surface area contributed by atoms with Crippen LogP contribution in [0, 0.1) is 0 Å². The molecule has 0 aromatic carbocycles. The molecule has 0 aliphatic carbocycles. The van der Waals surface area contributed by atoms with Gasteiger partial charge in [-0.05, 0) is 45.2 Å². The van der Waals surface area contributed by atoms with Crippen LogP contribution in [-0.4, -0.2) is 48.3 Å². The molecule has 0 aromatic heterocycles. The summed E-state index contributed by atoms with van der Waals surface area (Å²) in [7, 11) is 0. The average molecular weight is 212 g/mol. The molecule has 2 unspecified atom stereocenters. The van der Waals surface area contributed by atoms with Crippen molar-refractivity contribution in [2.75, 3.05) is 26.2 Å². The minimum atomic E-state index is 0.345. The maximum absolute atomic E-state index is 9.30. The Morgan fingerprint density at radius 2 is 2.13 bits per heavy atom. The lowest BCUT2D eigenvalue weighted by Gasteiger charge is -2.35. The summed E-state index contributed by atoms with van der Waals surface area (Å²) in [5.74, 6) is 0. The van der Waals surface area contributed by atoms with Crippen LogP contribution >= 0.6 is 0 Å². The van der Waals surface area contributed by atoms with Gasteiger partial charge in [-0.3, -0.25) is 4.90 Å². The van der Waals surface area contributed by atoms with E-state index < -0.39 is 0 Å². The first-order valence-electron chi connectivity index (χ1n) is 6.48. The minimum Gasteiger partial charge on any atom is -0.395 e. The third-order valence-corrected chi connectivity index (χ3v) is 3.89. The molecule has 2 N–H and O–H groups in total. The summed E-state index contributed by atoms with van der Waals surface area (Å²) in [6.07, 6.45) is 7.74. The van der Waals surface area contributed by atoms with E-state index in [1.807, 2.05) is 0 Å². The number of aliphatic hydroxyl groups excluding tert-OH is 1. The summed E-state index contributed by atoms with van der Waals surface area (Å²) in [4.78, 5) is 2.49. The third-order valence-electron chi connectivity index (χ3n) is 3.89. The van der Waals surface area contributed by atoms with Crippen molar-refractivity contribution in [3.63, 3.8) is 0 Å². The van der Waals surface area contributed by atoms with Gasteiger partial charge in [0, 0.05) is 18.6 Å². The molecular formula is C12H24N2O. The van der Waals surface area contributed by atoms with Crippen molar-refractivity contribution < 1.29 is 5.11 Å². The standard InChI is InChI=1S/C12H24N2O/c15-10-12-5-1-2-8-14(12)9-6-11-4-3-7-13-11/h11-13,15H,1-10H2. The topological polar surface area (TPSA) is 35.5 Å². The summed E-state index contributed by atoms with van der Waals surface area (Å²) in [6, 6.07) is 1.19. The second-order valence-electron chi connectivity index (χ2n) is 4.95. The number of likely N-dealkylation sites (tertiary alicyclic amines) is 1. The van der Waals surface area contributed by atoms with E-state index in [2.05, 4.69) is 10.2 Å². The van der Waals surface area contributed by atoms with Gasteiger partial charge in [0.2, 0.25) is 0 Å². The number of nitrogens with one attached hydrogen (secondary N) is 1. The number of aliphatic hydroxyl groups is 1. The molecule has 2 aliphatic heterocycles. The van der Waals surface area contributed by atoms with Crippen molar-refractivity contribution in [3.05, 3.63) is 0 Å². The Labute approximate surface area is 92.8 Å². The summed E-state index contributed by atoms with van der Waals surface area (Å²) in [5, 5.41) is 12.8. The molecule has 0 amide bonds. The van der Waals surface area contributed by atoms with Crippen LogP contribution in [0.4, 0.5) is 0 Å². The number of piperidine rings is 1. The number of hydrogen-bond acceptors (Lipinski definition) is 3. The van der Waals surface area contributed by atoms with Gasteiger partial charge in [0.1, 0.15) is 0 Å². The van der Waals surface area contributed by atoms with Crippen LogP contribution in [0.2, 0.25) is 0 Å². The van der Waals surface area contributed by atoms with Crippen molar-refractivity contribution in [1.82, 2.24) is 10.2 Å². The third kappa shape index (κ3) is 3.16. The Morgan fingerprint density at radius 1 is 1.20 bits per heavy atom. The van der Waals surface area contributed by atoms with Crippen molar-refractivity contribution in [2.24, 2.45) is 0 Å². The van der Waals surface area contributed by atoms with Crippen LogP contribution in [-0.2, 0) is 0 Å². The first kappa shape index (κ1) is 11.4. The van der Waals surface area contributed by atoms with E-state index in [0.29, 0.717) is 12.6 Å². The average Bonchev–Trinajstić information content (AvgIpc) is 2.79. The first-order chi connectivity index (χ1) is 7.40. The summed E-state index contributed by atoms with van der Waals surface area (Å²) >= 11 is 0. The summed E-state index contributed by atoms with van der Waals surface area (Å²) in [5.41, 5.74) is 0. The fraction of sp³-hybridized carbons (Fsp3) is 1.00. The SMILES string of the molecule is OCC1CCCCN1CCC1CCCN1. The van der Waals surface area contributed by atoms with Crippen LogP contribution in [0.25, 0.3) is 0 Å². The van der Waals surface area contributed by atoms with Crippen LogP contribution in [0.1, 0.15) is 38.5 Å². The lowest BCUT2D eigenvalue weighted by Crippen LogP contribution is -2.43. The zero-order chi connectivity index (χ0) is 10.5. The highest BCUT2D eigenvalue weighted by Gasteiger charge is 2.22. The van der Waals surface area contributed by atoms with Gasteiger partial charge < -0.3 is 10.4 Å². The smallest absolute Gasteiger partial charge is 0.0586 e. The highest BCUT2D eigenvalue weighted by Crippen LogP contribution is 2.18. The molecule has 2 atom stereocenters. The molecule has 0 saturated carbocycles. The molecule has 3 heteroatoms. The van der Waals surface area contributed by atoms with Crippen LogP contribution < -0.4 is 5.32 Å². The molecule has 0 spiro atoms. The Kier molecular flexibility index (Phi) is 4.42. The molecule has 88 valence electrons. The van der Waals surface area contributed by atoms with Crippen molar-refractivity contribution in [3.8, 4) is 0 Å². The van der Waals surface area contributed by atoms with E-state index in [-0.39, 0.29) is 0 Å². The maximum atomic E-state index is 9.30. The molecule has 2 saturated heterocycles. The van der Waals surface area contributed by atoms with E-state index in [4.69, 9.17) is 0 Å². The Bertz CT molecular complexity index is 180. The molecule has 2 fully saturated rings. The molecule has 0 aromatic rings. The van der Waals surface area contributed by atoms with Crippen LogP contribution in [0.3, 0.4) is 0 Å². The van der Waals surface area contributed by atoms with Gasteiger partial charge in [0.25, 0.3) is 0 Å². The molecule has 2 aliphatic rings. The lowest BCUT2D eigenvalue weighted by molar-refractivity contribution is 0.0870. The largest absolute Gasteiger partial charge is 0.395 e. The molecule has 2 rings (SSSR count). The van der Waals surface area contributed by atoms with Gasteiger partial charge in [-0.15, -0.1) is 0 Å². The van der Waals surface area contributed by atoms with E-state index in [1.54, 1.807) is 0 Å². The number of hydrogen-bond donors (Lipinski definition) is 2. The first-order valence-corrected chi connectivity index (χ1v) is 6.48. The highest BCUT2D eigenvalue weighted by atomic mass is 16.3. The predicted octanol–water partition coefficient (Wildman–Crippen LogP) is 0.975. The minimum absolute atomic E-state index is 0.345. The van der Waals surface area contributed by atoms with E-state index in [1.165, 1.54) is 58.2 Å². The molecule has 0 bridgehead atoms. The zero-order valence-electron chi connectivity index (χ0n) is 9.62. The molecule has 3 nitrogen and oxygen atoms in total. The maximum Gasteiger partial charge on any atom is 0.0586 e. The fourth-order valence-corrected chi connectivity index (χ4v) is 2.89. The molecule has 2 heterocycles. The summed E-state index contributed by atoms with van der Waals surface area (Å²) < 4.78 is 0. The molecule has 15 heavy (non-hydrogen) atoms. The van der Waals surface area contributed by atoms with Gasteiger partial charge in [-0.1, -0.05) is 6.42 Å². The Morgan fingerprint density at radius 3 is 2.87 bits per heavy atom. The van der Waals surface area contributed by atoms with Crippen molar-refractivity contribution >= 4 is 0 Å². The van der Waals surface area contributed by atoms with Gasteiger partial charge in [0.15, 0.2) is 0 Å². The molecule has 0 radical (unpaired) electrons. The highest BCUT2D eigenvalue weighted by molar-refractivity contribution is 4.80. The predicted molar refractivity (Wildman–Crippen MR) is 61.9 cm³/mol. The van der Waals surface area contributed by atoms with Crippen molar-refractivity contribution in [2.45, 2.75) is 50.6 Å². The van der Waals surface area contributed by atoms with Crippen LogP contribution in [0.5, 0.6) is 0 Å². The normalized spacial score (nSPS) is 33.4. The lowest BCUT2D eigenvalue weighted by atomic mass is 10.0. The Hall–Kier alpha value is -0.120. The van der Waals surface area contributed by atoms with Gasteiger partial charge >= 0.3 is 0 Å². The van der Waals surface area contributed by atoms with E-state index in [0.717, 1.165) is 6.04 Å². The van der Waals surface area contributed by atoms with Gasteiger partial charge in [0.05, 0.1) is 6.61 Å². The Balaban J connectivity index is 1.71. The monoisotopic (exact) mass is 212 g/mol. The zero-order valence-corrected chi connectivity index (χ0v) is 9.62. The number of rotatable bonds is 4. The van der Waals surface area contributed by atoms with Gasteiger partial charge in [-0.25, -0.2) is 0 Å². The second-order valence-corrected chi connectivity index (χ2v) is 4.95. The van der Waals surface area contributed by atoms with E-state index in [9.17, 15) is 5.11 Å². The fourth-order valence-electron chi connectivity index (χ4n) is 2.89. The van der Waals surface area contributed by atoms with E-state index >= 15 is 0 Å². The van der Waals surface area contributed by atoms with Crippen molar-refractivity contribution in [1.29, 1.82) is 0 Å². The van der Waals surface area contributed by atoms with Crippen LogP contribution in [0.15, 0.2) is 0 Å². The quantitative estimate of drug-likeness (QED) is 0.729. The second kappa shape index (κ2) is 5.83. The molecular weight excluding hydrogens is 188 g/mol.